The Balaban J connectivity index is 1.22. The molecule has 6 aliphatic rings. The molecule has 0 N–H and O–H groups in total. The van der Waals surface area contributed by atoms with E-state index in [9.17, 15) is 0 Å². The monoisotopic (exact) mass is 516 g/mol. The predicted molar refractivity (Wildman–Crippen MR) is 162 cm³/mol. The van der Waals surface area contributed by atoms with E-state index < -0.39 is 0 Å². The van der Waals surface area contributed by atoms with Crippen LogP contribution in [0.15, 0.2) is 84.9 Å². The summed E-state index contributed by atoms with van der Waals surface area (Å²) >= 11 is 0. The predicted octanol–water partition coefficient (Wildman–Crippen LogP) is 9.25. The van der Waals surface area contributed by atoms with Gasteiger partial charge in [0, 0.05) is 35.2 Å². The Morgan fingerprint density at radius 2 is 0.850 bits per heavy atom. The molecular weight excluding hydrogens is 484 g/mol. The first-order chi connectivity index (χ1) is 19.6. The zero-order valence-electron chi connectivity index (χ0n) is 23.1. The normalized spacial score (nSPS) is 33.9. The van der Waals surface area contributed by atoms with Gasteiger partial charge in [-0.25, -0.2) is 0 Å². The number of piperidine rings is 2. The molecule has 0 amide bonds. The molecule has 5 aromatic carbocycles. The van der Waals surface area contributed by atoms with Crippen LogP contribution in [0.2, 0.25) is 0 Å². The minimum atomic E-state index is 0.431. The minimum Gasteiger partial charge on any atom is -0.284 e. The standard InChI is InChI=1S/C38H32N2/c1-37-17-29-25-13-7-15-27(35(25)31(19-37)39(29)37)33-21-9-3-5-11-23(21)34(24-12-6-4-10-22(24)33)28-16-8-14-26-30-18-38(2)20-32(36(26)28)40(30)38/h3-16,29-32H,17-20H2,1-2H3. The smallest absolute Gasteiger partial charge is 0.0386 e. The van der Waals surface area contributed by atoms with E-state index in [0.29, 0.717) is 35.2 Å². The van der Waals surface area contributed by atoms with Crippen LogP contribution in [-0.2, 0) is 0 Å². The number of rotatable bonds is 2. The Kier molecular flexibility index (Phi) is 3.48. The average molecular weight is 517 g/mol. The topological polar surface area (TPSA) is 6.48 Å². The summed E-state index contributed by atoms with van der Waals surface area (Å²) in [5.74, 6) is 0. The summed E-state index contributed by atoms with van der Waals surface area (Å²) in [7, 11) is 0. The number of fused-ring (bicyclic) bond motifs is 8. The number of hydrogen-bond acceptors (Lipinski definition) is 2. The molecule has 4 saturated heterocycles. The first-order valence-corrected chi connectivity index (χ1v) is 15.3. The molecule has 6 heterocycles. The van der Waals surface area contributed by atoms with Gasteiger partial charge in [0.25, 0.3) is 0 Å². The quantitative estimate of drug-likeness (QED) is 0.216. The summed E-state index contributed by atoms with van der Waals surface area (Å²) in [6, 6.07) is 35.3. The number of nitrogens with zero attached hydrogens (tertiary/aromatic N) is 2. The number of hydrogen-bond donors (Lipinski definition) is 0. The fraction of sp³-hybridized carbons (Fsp3) is 0.316. The van der Waals surface area contributed by atoms with E-state index in [0.717, 1.165) is 0 Å². The highest BCUT2D eigenvalue weighted by Crippen LogP contribution is 2.71. The summed E-state index contributed by atoms with van der Waals surface area (Å²) in [5, 5.41) is 5.60. The molecule has 6 unspecified atom stereocenters. The molecule has 5 aromatic rings. The van der Waals surface area contributed by atoms with Crippen molar-refractivity contribution in [3.63, 3.8) is 0 Å². The van der Waals surface area contributed by atoms with E-state index in [1.54, 1.807) is 22.3 Å². The average Bonchev–Trinajstić information content (AvgIpc) is 3.17. The fourth-order valence-corrected chi connectivity index (χ4v) is 10.8. The van der Waals surface area contributed by atoms with Crippen molar-refractivity contribution >= 4 is 21.5 Å². The van der Waals surface area contributed by atoms with E-state index in [1.165, 1.54) is 69.5 Å². The van der Waals surface area contributed by atoms with Gasteiger partial charge in [0.15, 0.2) is 0 Å². The second kappa shape index (κ2) is 6.54. The molecule has 6 atom stereocenters. The van der Waals surface area contributed by atoms with Crippen LogP contribution in [0, 0.1) is 0 Å². The molecule has 194 valence electrons. The van der Waals surface area contributed by atoms with Gasteiger partial charge in [-0.1, -0.05) is 84.9 Å². The molecule has 0 aliphatic carbocycles. The lowest BCUT2D eigenvalue weighted by Gasteiger charge is -2.65. The van der Waals surface area contributed by atoms with Gasteiger partial charge >= 0.3 is 0 Å². The van der Waals surface area contributed by atoms with E-state index >= 15 is 0 Å². The Morgan fingerprint density at radius 3 is 1.23 bits per heavy atom. The summed E-state index contributed by atoms with van der Waals surface area (Å²) in [6.45, 7) is 4.94. The first kappa shape index (κ1) is 21.3. The van der Waals surface area contributed by atoms with Crippen molar-refractivity contribution in [1.29, 1.82) is 0 Å². The summed E-state index contributed by atoms with van der Waals surface area (Å²) in [6.07, 6.45) is 5.24. The Hall–Kier alpha value is -3.46. The van der Waals surface area contributed by atoms with Crippen LogP contribution in [0.1, 0.15) is 86.0 Å². The molecule has 2 nitrogen and oxygen atoms in total. The van der Waals surface area contributed by atoms with Gasteiger partial charge in [-0.2, -0.15) is 0 Å². The van der Waals surface area contributed by atoms with Gasteiger partial charge in [-0.15, -0.1) is 0 Å². The third kappa shape index (κ3) is 2.15. The lowest BCUT2D eigenvalue weighted by atomic mass is 9.68. The summed E-state index contributed by atoms with van der Waals surface area (Å²) in [4.78, 5) is 5.62. The molecule has 4 fully saturated rings. The molecule has 2 heteroatoms. The van der Waals surface area contributed by atoms with Crippen molar-refractivity contribution in [3.05, 3.63) is 107 Å². The van der Waals surface area contributed by atoms with Crippen LogP contribution in [0.4, 0.5) is 0 Å². The Bertz CT molecular complexity index is 1800. The third-order valence-electron chi connectivity index (χ3n) is 12.3. The van der Waals surface area contributed by atoms with Gasteiger partial charge in [0.05, 0.1) is 0 Å². The highest BCUT2D eigenvalue weighted by molar-refractivity contribution is 6.22. The largest absolute Gasteiger partial charge is 0.284 e. The van der Waals surface area contributed by atoms with Crippen LogP contribution in [-0.4, -0.2) is 20.9 Å². The van der Waals surface area contributed by atoms with Crippen molar-refractivity contribution in [2.45, 2.75) is 74.8 Å². The van der Waals surface area contributed by atoms with Crippen molar-refractivity contribution in [3.8, 4) is 22.3 Å². The Morgan fingerprint density at radius 1 is 0.475 bits per heavy atom. The van der Waals surface area contributed by atoms with Crippen molar-refractivity contribution in [2.75, 3.05) is 0 Å². The van der Waals surface area contributed by atoms with Gasteiger partial charge in [-0.3, -0.25) is 9.80 Å². The second-order valence-electron chi connectivity index (χ2n) is 14.1. The highest BCUT2D eigenvalue weighted by Gasteiger charge is 2.66. The SMILES string of the molecule is CC12CC3c4cccc(-c5c6ccccc6c(-c6cccc7c6C6CC8(C)CC7N68)c6ccccc56)c4C(C1)N32. The zero-order chi connectivity index (χ0) is 26.1. The summed E-state index contributed by atoms with van der Waals surface area (Å²) < 4.78 is 0. The van der Waals surface area contributed by atoms with Gasteiger partial charge in [0.1, 0.15) is 0 Å². The zero-order valence-corrected chi connectivity index (χ0v) is 23.1. The highest BCUT2D eigenvalue weighted by atomic mass is 15.4. The van der Waals surface area contributed by atoms with Gasteiger partial charge < -0.3 is 0 Å². The van der Waals surface area contributed by atoms with Crippen LogP contribution in [0.25, 0.3) is 43.8 Å². The molecule has 40 heavy (non-hydrogen) atoms. The maximum atomic E-state index is 2.81. The van der Waals surface area contributed by atoms with E-state index in [2.05, 4.69) is 109 Å². The minimum absolute atomic E-state index is 0.431. The van der Waals surface area contributed by atoms with Crippen LogP contribution in [0.5, 0.6) is 0 Å². The molecule has 0 aromatic heterocycles. The van der Waals surface area contributed by atoms with Gasteiger partial charge in [-0.05, 0) is 106 Å². The van der Waals surface area contributed by atoms with Crippen molar-refractivity contribution < 1.29 is 0 Å². The Labute approximate surface area is 235 Å². The third-order valence-corrected chi connectivity index (χ3v) is 12.3. The van der Waals surface area contributed by atoms with Crippen LogP contribution < -0.4 is 0 Å². The lowest BCUT2D eigenvalue weighted by Crippen LogP contribution is -2.66. The van der Waals surface area contributed by atoms with E-state index in [-0.39, 0.29) is 0 Å². The van der Waals surface area contributed by atoms with Crippen molar-refractivity contribution in [1.82, 2.24) is 9.80 Å². The number of benzene rings is 5. The van der Waals surface area contributed by atoms with Gasteiger partial charge in [0.2, 0.25) is 0 Å². The van der Waals surface area contributed by atoms with Crippen molar-refractivity contribution in [2.24, 2.45) is 0 Å². The molecule has 0 spiro atoms. The van der Waals surface area contributed by atoms with E-state index in [4.69, 9.17) is 0 Å². The first-order valence-electron chi connectivity index (χ1n) is 15.3. The fourth-order valence-electron chi connectivity index (χ4n) is 10.8. The molecule has 0 saturated carbocycles. The van der Waals surface area contributed by atoms with E-state index in [1.807, 2.05) is 0 Å². The maximum absolute atomic E-state index is 2.81. The lowest BCUT2D eigenvalue weighted by molar-refractivity contribution is -0.177. The van der Waals surface area contributed by atoms with Crippen LogP contribution in [0.3, 0.4) is 0 Å². The second-order valence-corrected chi connectivity index (χ2v) is 14.1. The molecule has 11 rings (SSSR count). The van der Waals surface area contributed by atoms with Crippen LogP contribution >= 0.6 is 0 Å². The molecular formula is C38H32N2. The molecule has 0 radical (unpaired) electrons. The molecule has 6 aliphatic heterocycles. The molecule has 0 bridgehead atoms. The summed E-state index contributed by atoms with van der Waals surface area (Å²) in [5.41, 5.74) is 13.1. The maximum Gasteiger partial charge on any atom is 0.0386 e.